The van der Waals surface area contributed by atoms with E-state index in [0.717, 1.165) is 22.4 Å². The van der Waals surface area contributed by atoms with Crippen LogP contribution in [-0.2, 0) is 0 Å². The fourth-order valence-corrected chi connectivity index (χ4v) is 5.47. The Balaban J connectivity index is 1.37. The van der Waals surface area contributed by atoms with Gasteiger partial charge in [0.1, 0.15) is 0 Å². The maximum Gasteiger partial charge on any atom is 0.0854 e. The molecular weight excluding hydrogens is 500 g/mol. The SMILES string of the molecule is CC(NC(NC(N)c1ccccc1)c1ccccc1)c1ccc2ccccc2c1-c1ccc(-c2ccccn2)cc1. The second kappa shape index (κ2) is 12.3. The fourth-order valence-electron chi connectivity index (χ4n) is 5.47. The summed E-state index contributed by atoms with van der Waals surface area (Å²) in [7, 11) is 0. The van der Waals surface area contributed by atoms with Crippen LogP contribution in [0.25, 0.3) is 33.2 Å². The molecule has 0 aliphatic carbocycles. The van der Waals surface area contributed by atoms with Gasteiger partial charge in [-0.3, -0.25) is 15.6 Å². The molecule has 5 aromatic carbocycles. The highest BCUT2D eigenvalue weighted by Gasteiger charge is 2.21. The topological polar surface area (TPSA) is 63.0 Å². The third-order valence-electron chi connectivity index (χ3n) is 7.62. The van der Waals surface area contributed by atoms with Crippen LogP contribution in [0.1, 0.15) is 42.0 Å². The van der Waals surface area contributed by atoms with Crippen LogP contribution in [0.15, 0.2) is 146 Å². The summed E-state index contributed by atoms with van der Waals surface area (Å²) in [5.41, 5.74) is 14.5. The number of fused-ring (bicyclic) bond motifs is 1. The van der Waals surface area contributed by atoms with E-state index in [1.807, 2.05) is 48.7 Å². The summed E-state index contributed by atoms with van der Waals surface area (Å²) >= 11 is 0. The number of nitrogens with zero attached hydrogens (tertiary/aromatic N) is 1. The summed E-state index contributed by atoms with van der Waals surface area (Å²) in [6.45, 7) is 2.22. The van der Waals surface area contributed by atoms with Crippen LogP contribution in [0.2, 0.25) is 0 Å². The third-order valence-corrected chi connectivity index (χ3v) is 7.62. The maximum absolute atomic E-state index is 6.65. The number of hydrogen-bond donors (Lipinski definition) is 3. The van der Waals surface area contributed by atoms with Crippen LogP contribution in [-0.4, -0.2) is 4.98 Å². The van der Waals surface area contributed by atoms with Gasteiger partial charge in [0, 0.05) is 17.8 Å². The first-order valence-electron chi connectivity index (χ1n) is 14.1. The molecule has 1 heterocycles. The number of nitrogens with one attached hydrogen (secondary N) is 2. The van der Waals surface area contributed by atoms with E-state index in [-0.39, 0.29) is 18.4 Å². The van der Waals surface area contributed by atoms with Crippen LogP contribution in [0.5, 0.6) is 0 Å². The van der Waals surface area contributed by atoms with Gasteiger partial charge in [0.2, 0.25) is 0 Å². The number of hydrogen-bond acceptors (Lipinski definition) is 4. The van der Waals surface area contributed by atoms with E-state index in [1.54, 1.807) is 0 Å². The Morgan fingerprint density at radius 3 is 1.93 bits per heavy atom. The van der Waals surface area contributed by atoms with E-state index in [4.69, 9.17) is 5.73 Å². The molecule has 4 nitrogen and oxygen atoms in total. The van der Waals surface area contributed by atoms with Gasteiger partial charge in [0.25, 0.3) is 0 Å². The number of aromatic nitrogens is 1. The monoisotopic (exact) mass is 534 g/mol. The van der Waals surface area contributed by atoms with Gasteiger partial charge in [-0.25, -0.2) is 0 Å². The summed E-state index contributed by atoms with van der Waals surface area (Å²) < 4.78 is 0. The van der Waals surface area contributed by atoms with Gasteiger partial charge in [0.15, 0.2) is 0 Å². The van der Waals surface area contributed by atoms with Crippen LogP contribution in [0, 0.1) is 0 Å². The minimum absolute atomic E-state index is 0.0192. The Bertz CT molecular complexity index is 1700. The summed E-state index contributed by atoms with van der Waals surface area (Å²) in [4.78, 5) is 4.53. The molecule has 6 rings (SSSR count). The Labute approximate surface area is 241 Å². The van der Waals surface area contributed by atoms with E-state index < -0.39 is 0 Å². The van der Waals surface area contributed by atoms with Crippen LogP contribution >= 0.6 is 0 Å². The molecule has 4 heteroatoms. The molecule has 4 N–H and O–H groups in total. The van der Waals surface area contributed by atoms with Gasteiger partial charge < -0.3 is 5.73 Å². The largest absolute Gasteiger partial charge is 0.312 e. The summed E-state index contributed by atoms with van der Waals surface area (Å²) in [6.07, 6.45) is 1.35. The van der Waals surface area contributed by atoms with E-state index in [1.165, 1.54) is 27.5 Å². The molecule has 0 saturated carbocycles. The Morgan fingerprint density at radius 2 is 1.22 bits per heavy atom. The zero-order valence-electron chi connectivity index (χ0n) is 23.1. The van der Waals surface area contributed by atoms with Gasteiger partial charge >= 0.3 is 0 Å². The van der Waals surface area contributed by atoms with Gasteiger partial charge in [-0.1, -0.05) is 127 Å². The highest BCUT2D eigenvalue weighted by Crippen LogP contribution is 2.37. The van der Waals surface area contributed by atoms with Crippen molar-refractivity contribution in [1.82, 2.24) is 15.6 Å². The molecule has 1 aromatic heterocycles. The molecule has 3 unspecified atom stereocenters. The van der Waals surface area contributed by atoms with Gasteiger partial charge in [-0.2, -0.15) is 0 Å². The van der Waals surface area contributed by atoms with Crippen molar-refractivity contribution in [3.8, 4) is 22.4 Å². The van der Waals surface area contributed by atoms with Gasteiger partial charge in [0.05, 0.1) is 18.0 Å². The smallest absolute Gasteiger partial charge is 0.0854 e. The first kappa shape index (κ1) is 26.6. The highest BCUT2D eigenvalue weighted by molar-refractivity contribution is 5.98. The molecule has 0 aliphatic rings. The lowest BCUT2D eigenvalue weighted by molar-refractivity contribution is 0.357. The zero-order chi connectivity index (χ0) is 28.0. The average Bonchev–Trinajstić information content (AvgIpc) is 3.05. The zero-order valence-corrected chi connectivity index (χ0v) is 23.1. The molecule has 0 bridgehead atoms. The van der Waals surface area contributed by atoms with Crippen molar-refractivity contribution in [3.63, 3.8) is 0 Å². The van der Waals surface area contributed by atoms with Crippen molar-refractivity contribution in [1.29, 1.82) is 0 Å². The van der Waals surface area contributed by atoms with Crippen LogP contribution in [0.4, 0.5) is 0 Å². The van der Waals surface area contributed by atoms with Crippen LogP contribution < -0.4 is 16.4 Å². The lowest BCUT2D eigenvalue weighted by Gasteiger charge is -2.29. The van der Waals surface area contributed by atoms with Crippen molar-refractivity contribution in [2.75, 3.05) is 0 Å². The maximum atomic E-state index is 6.65. The number of nitrogens with two attached hydrogens (primary N) is 1. The Hall–Kier alpha value is -4.61. The normalized spacial score (nSPS) is 13.5. The van der Waals surface area contributed by atoms with E-state index >= 15 is 0 Å². The molecule has 0 aliphatic heterocycles. The van der Waals surface area contributed by atoms with Gasteiger partial charge in [-0.15, -0.1) is 0 Å². The Morgan fingerprint density at radius 1 is 0.585 bits per heavy atom. The van der Waals surface area contributed by atoms with Crippen molar-refractivity contribution in [3.05, 3.63) is 162 Å². The van der Waals surface area contributed by atoms with Crippen molar-refractivity contribution >= 4 is 10.8 Å². The van der Waals surface area contributed by atoms with E-state index in [9.17, 15) is 0 Å². The quantitative estimate of drug-likeness (QED) is 0.164. The molecule has 0 spiro atoms. The molecule has 202 valence electrons. The van der Waals surface area contributed by atoms with Crippen molar-refractivity contribution < 1.29 is 0 Å². The van der Waals surface area contributed by atoms with E-state index in [0.29, 0.717) is 0 Å². The molecule has 0 amide bonds. The average molecular weight is 535 g/mol. The molecule has 6 aromatic rings. The number of benzene rings is 5. The second-order valence-corrected chi connectivity index (χ2v) is 10.3. The fraction of sp³-hybridized carbons (Fsp3) is 0.108. The first-order chi connectivity index (χ1) is 20.2. The van der Waals surface area contributed by atoms with Crippen molar-refractivity contribution in [2.24, 2.45) is 5.73 Å². The summed E-state index contributed by atoms with van der Waals surface area (Å²) in [6, 6.07) is 48.4. The lowest BCUT2D eigenvalue weighted by Crippen LogP contribution is -2.41. The number of rotatable bonds is 9. The molecule has 0 radical (unpaired) electrons. The third kappa shape index (κ3) is 5.96. The summed E-state index contributed by atoms with van der Waals surface area (Å²) in [5, 5.41) is 9.94. The molecule has 0 fully saturated rings. The predicted molar refractivity (Wildman–Crippen MR) is 170 cm³/mol. The Kier molecular flexibility index (Phi) is 7.97. The van der Waals surface area contributed by atoms with Crippen LogP contribution in [0.3, 0.4) is 0 Å². The highest BCUT2D eigenvalue weighted by atomic mass is 15.2. The van der Waals surface area contributed by atoms with Crippen molar-refractivity contribution in [2.45, 2.75) is 25.3 Å². The first-order valence-corrected chi connectivity index (χ1v) is 14.1. The second-order valence-electron chi connectivity index (χ2n) is 10.3. The molecule has 3 atom stereocenters. The molecule has 0 saturated heterocycles. The number of pyridine rings is 1. The summed E-state index contributed by atoms with van der Waals surface area (Å²) in [5.74, 6) is 0. The van der Waals surface area contributed by atoms with Gasteiger partial charge in [-0.05, 0) is 57.6 Å². The molecule has 41 heavy (non-hydrogen) atoms. The lowest BCUT2D eigenvalue weighted by atomic mass is 9.89. The molecular formula is C37H34N4. The standard InChI is InChI=1S/C37H34N4/c1-26(40-37(31-15-6-3-7-16-31)41-36(38)30-13-4-2-5-14-30)32-24-23-27-12-8-9-17-33(27)35(32)29-21-19-28(20-22-29)34-18-10-11-25-39-34/h2-26,36-37,40-41H,38H2,1H3. The predicted octanol–water partition coefficient (Wildman–Crippen LogP) is 8.17. The minimum atomic E-state index is -0.323. The minimum Gasteiger partial charge on any atom is -0.312 e. The van der Waals surface area contributed by atoms with E-state index in [2.05, 4.69) is 120 Å².